The van der Waals surface area contributed by atoms with E-state index in [2.05, 4.69) is 31.3 Å². The number of benzene rings is 1. The molecule has 4 nitrogen and oxygen atoms in total. The summed E-state index contributed by atoms with van der Waals surface area (Å²) in [6, 6.07) is 6.60. The fourth-order valence-corrected chi connectivity index (χ4v) is 2.22. The van der Waals surface area contributed by atoms with Gasteiger partial charge in [-0.3, -0.25) is 0 Å². The van der Waals surface area contributed by atoms with Crippen LogP contribution in [0, 0.1) is 0 Å². The van der Waals surface area contributed by atoms with E-state index in [0.29, 0.717) is 6.04 Å². The van der Waals surface area contributed by atoms with Crippen LogP contribution in [0.5, 0.6) is 11.5 Å². The minimum atomic E-state index is 0.228. The molecule has 2 rings (SSSR count). The first kappa shape index (κ1) is 15.1. The van der Waals surface area contributed by atoms with Crippen molar-refractivity contribution in [2.45, 2.75) is 45.4 Å². The molecule has 0 spiro atoms. The first-order valence-corrected chi connectivity index (χ1v) is 7.33. The second kappa shape index (κ2) is 7.50. The lowest BCUT2D eigenvalue weighted by atomic mass is 10.1. The molecule has 0 aromatic heterocycles. The summed E-state index contributed by atoms with van der Waals surface area (Å²) in [5.41, 5.74) is 1.21. The van der Waals surface area contributed by atoms with Gasteiger partial charge >= 0.3 is 0 Å². The van der Waals surface area contributed by atoms with Crippen molar-refractivity contribution in [3.8, 4) is 11.5 Å². The van der Waals surface area contributed by atoms with Crippen molar-refractivity contribution in [2.24, 2.45) is 0 Å². The molecule has 0 saturated carbocycles. The summed E-state index contributed by atoms with van der Waals surface area (Å²) in [5.74, 6) is 1.63. The molecule has 1 aliphatic heterocycles. The zero-order chi connectivity index (χ0) is 14.4. The Bertz CT molecular complexity index is 414. The van der Waals surface area contributed by atoms with Gasteiger partial charge in [0.05, 0.1) is 20.3 Å². The van der Waals surface area contributed by atoms with Gasteiger partial charge in [-0.2, -0.15) is 0 Å². The third-order valence-corrected chi connectivity index (χ3v) is 3.40. The van der Waals surface area contributed by atoms with Crippen LogP contribution >= 0.6 is 0 Å². The van der Waals surface area contributed by atoms with Crippen LogP contribution in [0.1, 0.15) is 32.3 Å². The molecule has 1 heterocycles. The average Bonchev–Trinajstić information content (AvgIpc) is 2.46. The van der Waals surface area contributed by atoms with Gasteiger partial charge in [-0.25, -0.2) is 0 Å². The highest BCUT2D eigenvalue weighted by atomic mass is 16.5. The minimum Gasteiger partial charge on any atom is -0.493 e. The fraction of sp³-hybridized carbons (Fsp3) is 0.625. The molecule has 0 bridgehead atoms. The van der Waals surface area contributed by atoms with Gasteiger partial charge < -0.3 is 19.5 Å². The van der Waals surface area contributed by atoms with E-state index in [9.17, 15) is 0 Å². The Kier molecular flexibility index (Phi) is 5.68. The number of nitrogens with one attached hydrogen (secondary N) is 1. The summed E-state index contributed by atoms with van der Waals surface area (Å²) in [6.07, 6.45) is 2.11. The maximum Gasteiger partial charge on any atom is 0.161 e. The van der Waals surface area contributed by atoms with Crippen LogP contribution in [0.4, 0.5) is 0 Å². The molecule has 0 atom stereocenters. The smallest absolute Gasteiger partial charge is 0.161 e. The van der Waals surface area contributed by atoms with Crippen molar-refractivity contribution in [2.75, 3.05) is 20.3 Å². The van der Waals surface area contributed by atoms with Gasteiger partial charge in [0, 0.05) is 25.4 Å². The van der Waals surface area contributed by atoms with Gasteiger partial charge in [0.1, 0.15) is 6.10 Å². The molecule has 0 radical (unpaired) electrons. The molecule has 1 aromatic carbocycles. The minimum absolute atomic E-state index is 0.228. The third kappa shape index (κ3) is 4.39. The fourth-order valence-electron chi connectivity index (χ4n) is 2.22. The van der Waals surface area contributed by atoms with Crippen LogP contribution in [0.15, 0.2) is 18.2 Å². The van der Waals surface area contributed by atoms with E-state index in [-0.39, 0.29) is 6.10 Å². The molecule has 1 saturated heterocycles. The lowest BCUT2D eigenvalue weighted by Gasteiger charge is -2.24. The Morgan fingerprint density at radius 1 is 1.25 bits per heavy atom. The second-order valence-electron chi connectivity index (χ2n) is 5.45. The SMILES string of the molecule is COc1ccc(CNC(C)C)cc1OC1CCOCC1. The van der Waals surface area contributed by atoms with E-state index in [0.717, 1.165) is 44.1 Å². The zero-order valence-corrected chi connectivity index (χ0v) is 12.6. The van der Waals surface area contributed by atoms with Crippen LogP contribution in [-0.4, -0.2) is 32.5 Å². The van der Waals surface area contributed by atoms with Crippen molar-refractivity contribution in [3.63, 3.8) is 0 Å². The van der Waals surface area contributed by atoms with Gasteiger partial charge in [0.25, 0.3) is 0 Å². The summed E-state index contributed by atoms with van der Waals surface area (Å²) in [7, 11) is 1.68. The molecule has 0 amide bonds. The molecule has 112 valence electrons. The van der Waals surface area contributed by atoms with Crippen LogP contribution in [0.2, 0.25) is 0 Å². The Hall–Kier alpha value is -1.26. The maximum absolute atomic E-state index is 6.09. The van der Waals surface area contributed by atoms with Gasteiger partial charge in [-0.1, -0.05) is 19.9 Å². The molecule has 1 aliphatic rings. The van der Waals surface area contributed by atoms with Crippen molar-refractivity contribution >= 4 is 0 Å². The highest BCUT2D eigenvalue weighted by Gasteiger charge is 2.17. The molecule has 1 N–H and O–H groups in total. The van der Waals surface area contributed by atoms with E-state index in [1.807, 2.05) is 6.07 Å². The molecule has 0 aliphatic carbocycles. The molecule has 20 heavy (non-hydrogen) atoms. The first-order chi connectivity index (χ1) is 9.69. The van der Waals surface area contributed by atoms with Crippen molar-refractivity contribution in [1.82, 2.24) is 5.32 Å². The largest absolute Gasteiger partial charge is 0.493 e. The van der Waals surface area contributed by atoms with Crippen LogP contribution in [0.3, 0.4) is 0 Å². The highest BCUT2D eigenvalue weighted by molar-refractivity contribution is 5.43. The zero-order valence-electron chi connectivity index (χ0n) is 12.6. The summed E-state index contributed by atoms with van der Waals surface area (Å²) in [5, 5.41) is 3.41. The number of methoxy groups -OCH3 is 1. The lowest BCUT2D eigenvalue weighted by Crippen LogP contribution is -2.26. The standard InChI is InChI=1S/C16H25NO3/c1-12(2)17-11-13-4-5-15(18-3)16(10-13)20-14-6-8-19-9-7-14/h4-5,10,12,14,17H,6-9,11H2,1-3H3. The predicted octanol–water partition coefficient (Wildman–Crippen LogP) is 2.75. The number of rotatable bonds is 6. The Labute approximate surface area is 121 Å². The van der Waals surface area contributed by atoms with Crippen molar-refractivity contribution in [1.29, 1.82) is 0 Å². The molecular formula is C16H25NO3. The molecule has 4 heteroatoms. The van der Waals surface area contributed by atoms with E-state index in [1.54, 1.807) is 7.11 Å². The first-order valence-electron chi connectivity index (χ1n) is 7.33. The molecule has 0 unspecified atom stereocenters. The van der Waals surface area contributed by atoms with Crippen molar-refractivity contribution in [3.05, 3.63) is 23.8 Å². The van der Waals surface area contributed by atoms with E-state index >= 15 is 0 Å². The predicted molar refractivity (Wildman–Crippen MR) is 79.4 cm³/mol. The van der Waals surface area contributed by atoms with Crippen LogP contribution in [0.25, 0.3) is 0 Å². The summed E-state index contributed by atoms with van der Waals surface area (Å²) in [4.78, 5) is 0. The molecule has 1 aromatic rings. The van der Waals surface area contributed by atoms with Gasteiger partial charge in [0.15, 0.2) is 11.5 Å². The van der Waals surface area contributed by atoms with E-state index < -0.39 is 0 Å². The summed E-state index contributed by atoms with van der Waals surface area (Å²) >= 11 is 0. The number of hydrogen-bond acceptors (Lipinski definition) is 4. The van der Waals surface area contributed by atoms with E-state index in [4.69, 9.17) is 14.2 Å². The quantitative estimate of drug-likeness (QED) is 0.869. The second-order valence-corrected chi connectivity index (χ2v) is 5.45. The summed E-state index contributed by atoms with van der Waals surface area (Å²) in [6.45, 7) is 6.68. The monoisotopic (exact) mass is 279 g/mol. The third-order valence-electron chi connectivity index (χ3n) is 3.40. The lowest BCUT2D eigenvalue weighted by molar-refractivity contribution is 0.0245. The Morgan fingerprint density at radius 2 is 2.00 bits per heavy atom. The topological polar surface area (TPSA) is 39.7 Å². The van der Waals surface area contributed by atoms with Crippen LogP contribution < -0.4 is 14.8 Å². The average molecular weight is 279 g/mol. The van der Waals surface area contributed by atoms with E-state index in [1.165, 1.54) is 5.56 Å². The highest BCUT2D eigenvalue weighted by Crippen LogP contribution is 2.30. The van der Waals surface area contributed by atoms with Gasteiger partial charge in [-0.15, -0.1) is 0 Å². The summed E-state index contributed by atoms with van der Waals surface area (Å²) < 4.78 is 16.8. The number of hydrogen-bond donors (Lipinski definition) is 1. The van der Waals surface area contributed by atoms with Gasteiger partial charge in [-0.05, 0) is 17.7 Å². The molecular weight excluding hydrogens is 254 g/mol. The number of ether oxygens (including phenoxy) is 3. The normalized spacial score (nSPS) is 16.4. The van der Waals surface area contributed by atoms with Gasteiger partial charge in [0.2, 0.25) is 0 Å². The maximum atomic E-state index is 6.09. The Balaban J connectivity index is 2.05. The molecule has 1 fully saturated rings. The Morgan fingerprint density at radius 3 is 2.65 bits per heavy atom. The van der Waals surface area contributed by atoms with Crippen molar-refractivity contribution < 1.29 is 14.2 Å². The van der Waals surface area contributed by atoms with Crippen LogP contribution in [-0.2, 0) is 11.3 Å².